The van der Waals surface area contributed by atoms with Gasteiger partial charge >= 0.3 is 5.97 Å². The molecule has 18 heavy (non-hydrogen) atoms. The highest BCUT2D eigenvalue weighted by molar-refractivity contribution is 5.81. The summed E-state index contributed by atoms with van der Waals surface area (Å²) in [4.78, 5) is 11.0. The van der Waals surface area contributed by atoms with Gasteiger partial charge in [-0.2, -0.15) is 0 Å². The van der Waals surface area contributed by atoms with Crippen LogP contribution in [0.15, 0.2) is 12.2 Å². The third-order valence-corrected chi connectivity index (χ3v) is 3.19. The Morgan fingerprint density at radius 3 is 2.39 bits per heavy atom. The van der Waals surface area contributed by atoms with E-state index in [1.165, 1.54) is 44.6 Å². The van der Waals surface area contributed by atoms with E-state index in [2.05, 4.69) is 13.8 Å². The summed E-state index contributed by atoms with van der Waals surface area (Å²) < 4.78 is 5.05. The average molecular weight is 254 g/mol. The molecular weight excluding hydrogens is 224 g/mol. The number of allylic oxidation sites excluding steroid dienone is 1. The topological polar surface area (TPSA) is 26.3 Å². The van der Waals surface area contributed by atoms with E-state index >= 15 is 0 Å². The molecule has 0 saturated heterocycles. The van der Waals surface area contributed by atoms with Crippen molar-refractivity contribution >= 4 is 5.97 Å². The molecule has 0 radical (unpaired) electrons. The van der Waals surface area contributed by atoms with Gasteiger partial charge in [0.2, 0.25) is 0 Å². The van der Waals surface area contributed by atoms with Gasteiger partial charge in [0.15, 0.2) is 0 Å². The summed E-state index contributed by atoms with van der Waals surface area (Å²) in [5.74, 6) is 0.596. The number of carbonyl (C=O) groups excluding carboxylic acids is 1. The van der Waals surface area contributed by atoms with Gasteiger partial charge in [0, 0.05) is 6.08 Å². The highest BCUT2D eigenvalue weighted by Crippen LogP contribution is 2.16. The molecule has 0 rings (SSSR count). The lowest BCUT2D eigenvalue weighted by atomic mass is 9.97. The van der Waals surface area contributed by atoms with Crippen molar-refractivity contribution in [2.24, 2.45) is 5.92 Å². The van der Waals surface area contributed by atoms with Gasteiger partial charge in [0.25, 0.3) is 0 Å². The highest BCUT2D eigenvalue weighted by atomic mass is 16.5. The maximum Gasteiger partial charge on any atom is 0.330 e. The van der Waals surface area contributed by atoms with Gasteiger partial charge in [0.05, 0.1) is 6.61 Å². The Morgan fingerprint density at radius 1 is 1.11 bits per heavy atom. The Bertz CT molecular complexity index is 221. The van der Waals surface area contributed by atoms with Crippen molar-refractivity contribution in [3.8, 4) is 0 Å². The van der Waals surface area contributed by atoms with Crippen LogP contribution in [-0.2, 0) is 9.53 Å². The molecule has 2 nitrogen and oxygen atoms in total. The Kier molecular flexibility index (Phi) is 12.1. The minimum absolute atomic E-state index is 0.217. The molecule has 0 saturated carbocycles. The Labute approximate surface area is 113 Å². The third-order valence-electron chi connectivity index (χ3n) is 3.19. The number of ether oxygens (including phenoxy) is 1. The smallest absolute Gasteiger partial charge is 0.330 e. The summed E-state index contributed by atoms with van der Waals surface area (Å²) in [6.07, 6.45) is 13.4. The molecule has 0 heterocycles. The average Bonchev–Trinajstić information content (AvgIpc) is 2.34. The molecule has 0 spiro atoms. The molecule has 0 amide bonds. The van der Waals surface area contributed by atoms with E-state index in [9.17, 15) is 4.79 Å². The first-order valence-electron chi connectivity index (χ1n) is 7.50. The molecule has 0 bridgehead atoms. The molecule has 0 aliphatic rings. The van der Waals surface area contributed by atoms with Crippen molar-refractivity contribution in [3.63, 3.8) is 0 Å². The third kappa shape index (κ3) is 11.7. The zero-order valence-electron chi connectivity index (χ0n) is 12.4. The van der Waals surface area contributed by atoms with E-state index in [0.29, 0.717) is 6.61 Å². The molecule has 0 aliphatic heterocycles. The number of unbranched alkanes of at least 4 members (excludes halogenated alkanes) is 4. The maximum atomic E-state index is 11.0. The van der Waals surface area contributed by atoms with Crippen molar-refractivity contribution in [1.82, 2.24) is 0 Å². The molecule has 2 heteroatoms. The van der Waals surface area contributed by atoms with E-state index in [1.807, 2.05) is 6.92 Å². The van der Waals surface area contributed by atoms with Gasteiger partial charge in [-0.15, -0.1) is 0 Å². The van der Waals surface area contributed by atoms with Crippen LogP contribution >= 0.6 is 0 Å². The van der Waals surface area contributed by atoms with Crippen LogP contribution in [0.5, 0.6) is 0 Å². The summed E-state index contributed by atoms with van der Waals surface area (Å²) in [5.41, 5.74) is 0. The summed E-state index contributed by atoms with van der Waals surface area (Å²) in [7, 11) is 0. The number of hydrogen-bond acceptors (Lipinski definition) is 2. The second kappa shape index (κ2) is 12.7. The van der Waals surface area contributed by atoms with Gasteiger partial charge < -0.3 is 4.74 Å². The van der Waals surface area contributed by atoms with E-state index in [4.69, 9.17) is 4.74 Å². The fourth-order valence-corrected chi connectivity index (χ4v) is 2.02. The van der Waals surface area contributed by atoms with Crippen LogP contribution in [0.3, 0.4) is 0 Å². The minimum atomic E-state index is -0.217. The Morgan fingerprint density at radius 2 is 1.78 bits per heavy atom. The molecule has 0 aromatic carbocycles. The standard InChI is InChI=1S/C16H30O2/c1-4-6-7-8-12-15(3)13-9-10-14-18-16(17)11-5-2/h5,11,15H,4,6-10,12-14H2,1-3H3. The first-order chi connectivity index (χ1) is 8.70. The van der Waals surface area contributed by atoms with Crippen molar-refractivity contribution in [2.75, 3.05) is 6.61 Å². The molecule has 0 aliphatic carbocycles. The second-order valence-corrected chi connectivity index (χ2v) is 5.12. The normalized spacial score (nSPS) is 12.8. The van der Waals surface area contributed by atoms with Crippen LogP contribution in [0.1, 0.15) is 72.1 Å². The largest absolute Gasteiger partial charge is 0.463 e. The van der Waals surface area contributed by atoms with Crippen LogP contribution < -0.4 is 0 Å². The number of carbonyl (C=O) groups is 1. The zero-order valence-corrected chi connectivity index (χ0v) is 12.4. The first kappa shape index (κ1) is 17.2. The lowest BCUT2D eigenvalue weighted by Crippen LogP contribution is -2.03. The van der Waals surface area contributed by atoms with Gasteiger partial charge in [-0.05, 0) is 25.7 Å². The first-order valence-corrected chi connectivity index (χ1v) is 7.50. The summed E-state index contributed by atoms with van der Waals surface area (Å²) in [6.45, 7) is 6.96. The van der Waals surface area contributed by atoms with Crippen molar-refractivity contribution in [1.29, 1.82) is 0 Å². The fourth-order valence-electron chi connectivity index (χ4n) is 2.02. The van der Waals surface area contributed by atoms with Crippen LogP contribution in [-0.4, -0.2) is 12.6 Å². The van der Waals surface area contributed by atoms with Crippen molar-refractivity contribution in [2.45, 2.75) is 72.1 Å². The molecule has 1 atom stereocenters. The lowest BCUT2D eigenvalue weighted by molar-refractivity contribution is -0.137. The molecular formula is C16H30O2. The minimum Gasteiger partial charge on any atom is -0.463 e. The summed E-state index contributed by atoms with van der Waals surface area (Å²) in [5, 5.41) is 0. The lowest BCUT2D eigenvalue weighted by Gasteiger charge is -2.10. The number of rotatable bonds is 11. The zero-order chi connectivity index (χ0) is 13.6. The van der Waals surface area contributed by atoms with Crippen LogP contribution in [0.25, 0.3) is 0 Å². The van der Waals surface area contributed by atoms with Crippen LogP contribution in [0.2, 0.25) is 0 Å². The predicted octanol–water partition coefficient (Wildman–Crippen LogP) is 4.88. The summed E-state index contributed by atoms with van der Waals surface area (Å²) >= 11 is 0. The van der Waals surface area contributed by atoms with E-state index in [1.54, 1.807) is 6.08 Å². The van der Waals surface area contributed by atoms with E-state index < -0.39 is 0 Å². The molecule has 0 fully saturated rings. The molecule has 106 valence electrons. The van der Waals surface area contributed by atoms with Gasteiger partial charge in [-0.1, -0.05) is 58.4 Å². The van der Waals surface area contributed by atoms with E-state index in [0.717, 1.165) is 18.8 Å². The van der Waals surface area contributed by atoms with Gasteiger partial charge in [-0.3, -0.25) is 0 Å². The number of esters is 1. The van der Waals surface area contributed by atoms with Crippen LogP contribution in [0, 0.1) is 5.92 Å². The van der Waals surface area contributed by atoms with Crippen molar-refractivity contribution < 1.29 is 9.53 Å². The highest BCUT2D eigenvalue weighted by Gasteiger charge is 2.02. The molecule has 0 aromatic rings. The number of hydrogen-bond donors (Lipinski definition) is 0. The second-order valence-electron chi connectivity index (χ2n) is 5.12. The Hall–Kier alpha value is -0.790. The molecule has 1 unspecified atom stereocenters. The quantitative estimate of drug-likeness (QED) is 0.298. The van der Waals surface area contributed by atoms with Crippen molar-refractivity contribution in [3.05, 3.63) is 12.2 Å². The predicted molar refractivity (Wildman–Crippen MR) is 77.5 cm³/mol. The van der Waals surface area contributed by atoms with Gasteiger partial charge in [-0.25, -0.2) is 4.79 Å². The molecule has 0 aromatic heterocycles. The monoisotopic (exact) mass is 254 g/mol. The Balaban J connectivity index is 3.29. The SMILES string of the molecule is CC=CC(=O)OCCCCC(C)CCCCCC. The summed E-state index contributed by atoms with van der Waals surface area (Å²) in [6, 6.07) is 0. The van der Waals surface area contributed by atoms with E-state index in [-0.39, 0.29) is 5.97 Å². The van der Waals surface area contributed by atoms with Gasteiger partial charge in [0.1, 0.15) is 0 Å². The maximum absolute atomic E-state index is 11.0. The fraction of sp³-hybridized carbons (Fsp3) is 0.812. The molecule has 0 N–H and O–H groups in total. The van der Waals surface area contributed by atoms with Crippen LogP contribution in [0.4, 0.5) is 0 Å².